The monoisotopic (exact) mass is 293 g/mol. The van der Waals surface area contributed by atoms with Gasteiger partial charge in [-0.05, 0) is 45.1 Å². The SMILES string of the molecule is CCCCCCCCC(NCCC)C1=CCCCCCC1. The van der Waals surface area contributed by atoms with Crippen molar-refractivity contribution in [1.29, 1.82) is 0 Å². The second-order valence-electron chi connectivity index (χ2n) is 6.80. The van der Waals surface area contributed by atoms with Gasteiger partial charge in [0, 0.05) is 6.04 Å². The van der Waals surface area contributed by atoms with Crippen molar-refractivity contribution in [2.45, 2.75) is 110 Å². The van der Waals surface area contributed by atoms with Gasteiger partial charge in [-0.1, -0.05) is 76.9 Å². The quantitative estimate of drug-likeness (QED) is 0.344. The minimum atomic E-state index is 0.675. The molecule has 0 aromatic carbocycles. The first-order valence-corrected chi connectivity index (χ1v) is 9.80. The molecule has 1 heteroatoms. The molecule has 0 aromatic rings. The first-order valence-electron chi connectivity index (χ1n) is 9.80. The molecule has 1 aliphatic carbocycles. The van der Waals surface area contributed by atoms with Gasteiger partial charge in [0.2, 0.25) is 0 Å². The van der Waals surface area contributed by atoms with Crippen LogP contribution in [0.1, 0.15) is 104 Å². The van der Waals surface area contributed by atoms with Crippen LogP contribution in [0.25, 0.3) is 0 Å². The van der Waals surface area contributed by atoms with E-state index in [2.05, 4.69) is 25.2 Å². The fourth-order valence-corrected chi connectivity index (χ4v) is 3.40. The average molecular weight is 294 g/mol. The summed E-state index contributed by atoms with van der Waals surface area (Å²) in [6.45, 7) is 5.75. The van der Waals surface area contributed by atoms with Crippen molar-refractivity contribution in [3.8, 4) is 0 Å². The molecule has 0 aliphatic heterocycles. The molecule has 1 aliphatic rings. The maximum Gasteiger partial charge on any atom is 0.0279 e. The van der Waals surface area contributed by atoms with Crippen molar-refractivity contribution in [2.75, 3.05) is 6.54 Å². The highest BCUT2D eigenvalue weighted by Gasteiger charge is 2.14. The molecule has 1 N–H and O–H groups in total. The fraction of sp³-hybridized carbons (Fsp3) is 0.900. The molecule has 0 saturated heterocycles. The number of nitrogens with one attached hydrogen (secondary N) is 1. The molecule has 0 radical (unpaired) electrons. The summed E-state index contributed by atoms with van der Waals surface area (Å²) >= 11 is 0. The van der Waals surface area contributed by atoms with Crippen LogP contribution in [0.4, 0.5) is 0 Å². The number of rotatable bonds is 11. The Labute approximate surface area is 134 Å². The van der Waals surface area contributed by atoms with Crippen LogP contribution in [0.3, 0.4) is 0 Å². The summed E-state index contributed by atoms with van der Waals surface area (Å²) in [7, 11) is 0. The molecular formula is C20H39N. The van der Waals surface area contributed by atoms with Crippen LogP contribution in [0.5, 0.6) is 0 Å². The van der Waals surface area contributed by atoms with Gasteiger partial charge in [0.25, 0.3) is 0 Å². The normalized spacial score (nSPS) is 17.9. The van der Waals surface area contributed by atoms with E-state index >= 15 is 0 Å². The van der Waals surface area contributed by atoms with Gasteiger partial charge < -0.3 is 5.32 Å². The van der Waals surface area contributed by atoms with Crippen molar-refractivity contribution in [2.24, 2.45) is 0 Å². The number of hydrogen-bond donors (Lipinski definition) is 1. The Morgan fingerprint density at radius 3 is 2.48 bits per heavy atom. The molecule has 1 rings (SSSR count). The van der Waals surface area contributed by atoms with E-state index in [1.807, 2.05) is 0 Å². The van der Waals surface area contributed by atoms with Crippen LogP contribution in [0.2, 0.25) is 0 Å². The van der Waals surface area contributed by atoms with E-state index in [4.69, 9.17) is 0 Å². The minimum absolute atomic E-state index is 0.675. The van der Waals surface area contributed by atoms with E-state index in [9.17, 15) is 0 Å². The smallest absolute Gasteiger partial charge is 0.0279 e. The molecule has 1 nitrogen and oxygen atoms in total. The molecule has 0 heterocycles. The molecular weight excluding hydrogens is 254 g/mol. The lowest BCUT2D eigenvalue weighted by Gasteiger charge is -2.23. The van der Waals surface area contributed by atoms with Crippen LogP contribution in [-0.2, 0) is 0 Å². The molecule has 0 spiro atoms. The summed E-state index contributed by atoms with van der Waals surface area (Å²) in [5, 5.41) is 3.82. The van der Waals surface area contributed by atoms with E-state index in [1.54, 1.807) is 5.57 Å². The third-order valence-electron chi connectivity index (χ3n) is 4.76. The zero-order valence-corrected chi connectivity index (χ0v) is 14.8. The summed E-state index contributed by atoms with van der Waals surface area (Å²) in [5.41, 5.74) is 1.73. The van der Waals surface area contributed by atoms with E-state index in [0.29, 0.717) is 6.04 Å². The minimum Gasteiger partial charge on any atom is -0.310 e. The Hall–Kier alpha value is -0.300. The van der Waals surface area contributed by atoms with Gasteiger partial charge in [0.15, 0.2) is 0 Å². The molecule has 0 fully saturated rings. The lowest BCUT2D eigenvalue weighted by molar-refractivity contribution is 0.473. The molecule has 0 saturated carbocycles. The van der Waals surface area contributed by atoms with Crippen molar-refractivity contribution >= 4 is 0 Å². The summed E-state index contributed by atoms with van der Waals surface area (Å²) < 4.78 is 0. The fourth-order valence-electron chi connectivity index (χ4n) is 3.40. The van der Waals surface area contributed by atoms with Gasteiger partial charge in [0.1, 0.15) is 0 Å². The maximum absolute atomic E-state index is 3.82. The van der Waals surface area contributed by atoms with Crippen LogP contribution in [-0.4, -0.2) is 12.6 Å². The predicted molar refractivity (Wildman–Crippen MR) is 95.9 cm³/mol. The second-order valence-corrected chi connectivity index (χ2v) is 6.80. The highest BCUT2D eigenvalue weighted by Crippen LogP contribution is 2.22. The maximum atomic E-state index is 3.82. The molecule has 124 valence electrons. The van der Waals surface area contributed by atoms with Crippen molar-refractivity contribution in [1.82, 2.24) is 5.32 Å². The molecule has 1 atom stereocenters. The van der Waals surface area contributed by atoms with Gasteiger partial charge in [-0.15, -0.1) is 0 Å². The zero-order chi connectivity index (χ0) is 15.2. The summed E-state index contributed by atoms with van der Waals surface area (Å²) in [6.07, 6.45) is 22.0. The van der Waals surface area contributed by atoms with E-state index < -0.39 is 0 Å². The van der Waals surface area contributed by atoms with Crippen molar-refractivity contribution in [3.63, 3.8) is 0 Å². The van der Waals surface area contributed by atoms with Crippen LogP contribution in [0.15, 0.2) is 11.6 Å². The largest absolute Gasteiger partial charge is 0.310 e. The Morgan fingerprint density at radius 2 is 1.67 bits per heavy atom. The number of allylic oxidation sites excluding steroid dienone is 1. The number of unbranched alkanes of at least 4 members (excludes halogenated alkanes) is 5. The molecule has 0 bridgehead atoms. The highest BCUT2D eigenvalue weighted by molar-refractivity contribution is 5.11. The van der Waals surface area contributed by atoms with Crippen molar-refractivity contribution in [3.05, 3.63) is 11.6 Å². The Kier molecular flexibility index (Phi) is 11.9. The zero-order valence-electron chi connectivity index (χ0n) is 14.8. The molecule has 0 aromatic heterocycles. The Morgan fingerprint density at radius 1 is 0.905 bits per heavy atom. The summed E-state index contributed by atoms with van der Waals surface area (Å²) in [6, 6.07) is 0.675. The van der Waals surface area contributed by atoms with Crippen LogP contribution >= 0.6 is 0 Å². The van der Waals surface area contributed by atoms with Crippen LogP contribution in [0, 0.1) is 0 Å². The first kappa shape index (κ1) is 18.7. The summed E-state index contributed by atoms with van der Waals surface area (Å²) in [5.74, 6) is 0. The van der Waals surface area contributed by atoms with E-state index in [0.717, 1.165) is 0 Å². The van der Waals surface area contributed by atoms with Crippen molar-refractivity contribution < 1.29 is 0 Å². The van der Waals surface area contributed by atoms with Gasteiger partial charge in [0.05, 0.1) is 0 Å². The van der Waals surface area contributed by atoms with E-state index in [-0.39, 0.29) is 0 Å². The third-order valence-corrected chi connectivity index (χ3v) is 4.76. The summed E-state index contributed by atoms with van der Waals surface area (Å²) in [4.78, 5) is 0. The third kappa shape index (κ3) is 9.34. The molecule has 0 amide bonds. The average Bonchev–Trinajstić information content (AvgIpc) is 2.46. The Bertz CT molecular complexity index is 257. The molecule has 21 heavy (non-hydrogen) atoms. The Balaban J connectivity index is 2.34. The van der Waals surface area contributed by atoms with Crippen LogP contribution < -0.4 is 5.32 Å². The lowest BCUT2D eigenvalue weighted by Crippen LogP contribution is -2.32. The van der Waals surface area contributed by atoms with Gasteiger partial charge in [-0.2, -0.15) is 0 Å². The lowest BCUT2D eigenvalue weighted by atomic mass is 9.91. The van der Waals surface area contributed by atoms with E-state index in [1.165, 1.54) is 96.4 Å². The predicted octanol–water partition coefficient (Wildman–Crippen LogP) is 6.39. The first-order chi connectivity index (χ1) is 10.4. The molecule has 1 unspecified atom stereocenters. The number of hydrogen-bond acceptors (Lipinski definition) is 1. The highest BCUT2D eigenvalue weighted by atomic mass is 14.9. The standard InChI is InChI=1S/C20H39N/c1-3-5-6-7-11-14-17-20(21-18-4-2)19-15-12-9-8-10-13-16-19/h15,20-21H,3-14,16-18H2,1-2H3. The van der Waals surface area contributed by atoms with Gasteiger partial charge in [-0.3, -0.25) is 0 Å². The topological polar surface area (TPSA) is 12.0 Å². The van der Waals surface area contributed by atoms with Gasteiger partial charge >= 0.3 is 0 Å². The van der Waals surface area contributed by atoms with Gasteiger partial charge in [-0.25, -0.2) is 0 Å². The second kappa shape index (κ2) is 13.4.